The predicted molar refractivity (Wildman–Crippen MR) is 231 cm³/mol. The van der Waals surface area contributed by atoms with Crippen molar-refractivity contribution in [2.45, 2.75) is 0 Å². The van der Waals surface area contributed by atoms with E-state index >= 15 is 0 Å². The molecule has 0 saturated carbocycles. The van der Waals surface area contributed by atoms with E-state index in [-0.39, 0.29) is 0 Å². The molecule has 0 amide bonds. The third kappa shape index (κ3) is 6.50. The first-order chi connectivity index (χ1) is 27.7. The maximum Gasteiger partial charge on any atom is 0.164 e. The fraction of sp³-hybridized carbons (Fsp3) is 0. The highest BCUT2D eigenvalue weighted by Gasteiger charge is 2.14. The summed E-state index contributed by atoms with van der Waals surface area (Å²) in [5.74, 6) is 1.92. The van der Waals surface area contributed by atoms with Crippen LogP contribution < -0.4 is 0 Å². The summed E-state index contributed by atoms with van der Waals surface area (Å²) in [6.45, 7) is 0. The summed E-state index contributed by atoms with van der Waals surface area (Å²) in [4.78, 5) is 19.7. The van der Waals surface area contributed by atoms with Crippen molar-refractivity contribution in [1.82, 2.24) is 19.9 Å². The molecule has 4 nitrogen and oxygen atoms in total. The molecule has 0 N–H and O–H groups in total. The van der Waals surface area contributed by atoms with E-state index in [4.69, 9.17) is 19.9 Å². The molecule has 10 rings (SSSR count). The number of rotatable bonds is 7. The van der Waals surface area contributed by atoms with Crippen LogP contribution in [0.3, 0.4) is 0 Å². The first-order valence-corrected chi connectivity index (χ1v) is 18.8. The van der Waals surface area contributed by atoms with Crippen LogP contribution in [-0.4, -0.2) is 19.9 Å². The Morgan fingerprint density at radius 3 is 1.20 bits per heavy atom. The minimum atomic E-state index is 0.634. The SMILES string of the molecule is c1ccc(-c2ccc(-c3nc(-c4ccccc4)nc(-c4ccc(-c5cccc(-c6cccc(-c7ccc8c(c7)ncc7ccccc78)c6)c5)cc4)n3)cc2)cc1. The molecule has 56 heavy (non-hydrogen) atoms. The number of benzene rings is 8. The van der Waals surface area contributed by atoms with Crippen molar-refractivity contribution in [2.24, 2.45) is 0 Å². The Labute approximate surface area is 325 Å². The number of hydrogen-bond acceptors (Lipinski definition) is 4. The van der Waals surface area contributed by atoms with Crippen LogP contribution in [0.15, 0.2) is 206 Å². The molecule has 0 aliphatic heterocycles. The molecular weight excluding hydrogens is 681 g/mol. The van der Waals surface area contributed by atoms with E-state index in [2.05, 4.69) is 164 Å². The fourth-order valence-corrected chi connectivity index (χ4v) is 7.40. The number of aromatic nitrogens is 4. The van der Waals surface area contributed by atoms with Gasteiger partial charge >= 0.3 is 0 Å². The second-order valence-corrected chi connectivity index (χ2v) is 13.9. The summed E-state index contributed by atoms with van der Waals surface area (Å²) in [5.41, 5.74) is 13.0. The average molecular weight is 715 g/mol. The zero-order chi connectivity index (χ0) is 37.3. The Morgan fingerprint density at radius 2 is 0.625 bits per heavy atom. The maximum atomic E-state index is 5.00. The third-order valence-corrected chi connectivity index (χ3v) is 10.4. The average Bonchev–Trinajstić information content (AvgIpc) is 3.29. The second kappa shape index (κ2) is 14.3. The van der Waals surface area contributed by atoms with Crippen molar-refractivity contribution in [3.63, 3.8) is 0 Å². The lowest BCUT2D eigenvalue weighted by Crippen LogP contribution is -2.00. The minimum Gasteiger partial charge on any atom is -0.256 e. The van der Waals surface area contributed by atoms with Crippen molar-refractivity contribution >= 4 is 21.7 Å². The smallest absolute Gasteiger partial charge is 0.164 e. The molecule has 0 spiro atoms. The Hall–Kier alpha value is -7.56. The van der Waals surface area contributed by atoms with Gasteiger partial charge in [0.05, 0.1) is 5.52 Å². The minimum absolute atomic E-state index is 0.634. The van der Waals surface area contributed by atoms with Crippen LogP contribution in [0.1, 0.15) is 0 Å². The Morgan fingerprint density at radius 1 is 0.250 bits per heavy atom. The van der Waals surface area contributed by atoms with Gasteiger partial charge in [0.25, 0.3) is 0 Å². The van der Waals surface area contributed by atoms with Crippen LogP contribution in [0, 0.1) is 0 Å². The molecule has 2 aromatic heterocycles. The van der Waals surface area contributed by atoms with Crippen molar-refractivity contribution < 1.29 is 0 Å². The monoisotopic (exact) mass is 714 g/mol. The van der Waals surface area contributed by atoms with Gasteiger partial charge in [0.2, 0.25) is 0 Å². The summed E-state index contributed by atoms with van der Waals surface area (Å²) >= 11 is 0. The van der Waals surface area contributed by atoms with Gasteiger partial charge in [-0.25, -0.2) is 15.0 Å². The molecule has 10 aromatic rings. The van der Waals surface area contributed by atoms with E-state index in [1.807, 2.05) is 42.6 Å². The van der Waals surface area contributed by atoms with Gasteiger partial charge in [-0.2, -0.15) is 0 Å². The van der Waals surface area contributed by atoms with Gasteiger partial charge in [-0.1, -0.05) is 182 Å². The van der Waals surface area contributed by atoms with Crippen LogP contribution in [0.5, 0.6) is 0 Å². The molecule has 0 unspecified atom stereocenters. The van der Waals surface area contributed by atoms with Gasteiger partial charge in [-0.3, -0.25) is 4.98 Å². The lowest BCUT2D eigenvalue weighted by molar-refractivity contribution is 1.07. The zero-order valence-electron chi connectivity index (χ0n) is 30.4. The van der Waals surface area contributed by atoms with Crippen molar-refractivity contribution in [1.29, 1.82) is 0 Å². The quantitative estimate of drug-likeness (QED) is 0.154. The number of nitrogens with zero attached hydrogens (tertiary/aromatic N) is 4. The number of pyridine rings is 1. The molecule has 0 radical (unpaired) electrons. The zero-order valence-corrected chi connectivity index (χ0v) is 30.4. The first kappa shape index (κ1) is 33.0. The van der Waals surface area contributed by atoms with Crippen LogP contribution in [-0.2, 0) is 0 Å². The molecule has 262 valence electrons. The van der Waals surface area contributed by atoms with E-state index in [1.165, 1.54) is 16.3 Å². The van der Waals surface area contributed by atoms with E-state index in [0.29, 0.717) is 17.5 Å². The third-order valence-electron chi connectivity index (χ3n) is 10.4. The molecule has 0 aliphatic rings. The number of fused-ring (bicyclic) bond motifs is 3. The number of hydrogen-bond donors (Lipinski definition) is 0. The lowest BCUT2D eigenvalue weighted by Gasteiger charge is -2.11. The van der Waals surface area contributed by atoms with E-state index in [0.717, 1.165) is 66.5 Å². The molecule has 2 heterocycles. The first-order valence-electron chi connectivity index (χ1n) is 18.8. The predicted octanol–water partition coefficient (Wildman–Crippen LogP) is 13.2. The maximum absolute atomic E-state index is 5.00. The Kier molecular flexibility index (Phi) is 8.47. The fourth-order valence-electron chi connectivity index (χ4n) is 7.40. The highest BCUT2D eigenvalue weighted by molar-refractivity contribution is 6.06. The van der Waals surface area contributed by atoms with E-state index < -0.39 is 0 Å². The van der Waals surface area contributed by atoms with Gasteiger partial charge < -0.3 is 0 Å². The topological polar surface area (TPSA) is 51.6 Å². The molecule has 0 saturated heterocycles. The van der Waals surface area contributed by atoms with Crippen LogP contribution in [0.4, 0.5) is 0 Å². The molecular formula is C52H34N4. The van der Waals surface area contributed by atoms with Gasteiger partial charge in [0, 0.05) is 33.7 Å². The molecule has 0 fully saturated rings. The molecule has 0 aliphatic carbocycles. The normalized spacial score (nSPS) is 11.2. The molecule has 0 atom stereocenters. The summed E-state index contributed by atoms with van der Waals surface area (Å²) in [6.07, 6.45) is 1.96. The Balaban J connectivity index is 0.949. The summed E-state index contributed by atoms with van der Waals surface area (Å²) < 4.78 is 0. The summed E-state index contributed by atoms with van der Waals surface area (Å²) in [6, 6.07) is 69.9. The van der Waals surface area contributed by atoms with Crippen LogP contribution >= 0.6 is 0 Å². The van der Waals surface area contributed by atoms with Crippen LogP contribution in [0.2, 0.25) is 0 Å². The van der Waals surface area contributed by atoms with E-state index in [9.17, 15) is 0 Å². The Bertz CT molecular complexity index is 2990. The lowest BCUT2D eigenvalue weighted by atomic mass is 9.95. The van der Waals surface area contributed by atoms with Gasteiger partial charge in [-0.15, -0.1) is 0 Å². The standard InChI is InChI=1S/C52H34N4/c1-3-11-35(12-4-1)36-21-25-39(26-22-36)51-54-50(38-13-5-2-6-14-38)55-52(56-51)40-27-23-37(24-28-40)41-16-9-17-42(31-41)43-18-10-19-44(32-43)45-29-30-48-47-20-8-7-15-46(47)34-53-49(48)33-45/h1-34H. The largest absolute Gasteiger partial charge is 0.256 e. The molecule has 4 heteroatoms. The van der Waals surface area contributed by atoms with Crippen molar-refractivity contribution in [2.75, 3.05) is 0 Å². The van der Waals surface area contributed by atoms with Crippen LogP contribution in [0.25, 0.3) is 100 Å². The highest BCUT2D eigenvalue weighted by atomic mass is 15.0. The van der Waals surface area contributed by atoms with Gasteiger partial charge in [0.1, 0.15) is 0 Å². The summed E-state index contributed by atoms with van der Waals surface area (Å²) in [5, 5.41) is 3.55. The molecule has 0 bridgehead atoms. The summed E-state index contributed by atoms with van der Waals surface area (Å²) in [7, 11) is 0. The van der Waals surface area contributed by atoms with E-state index in [1.54, 1.807) is 0 Å². The highest BCUT2D eigenvalue weighted by Crippen LogP contribution is 2.33. The van der Waals surface area contributed by atoms with Gasteiger partial charge in [-0.05, 0) is 68.1 Å². The van der Waals surface area contributed by atoms with Gasteiger partial charge in [0.15, 0.2) is 17.5 Å². The second-order valence-electron chi connectivity index (χ2n) is 13.9. The van der Waals surface area contributed by atoms with Crippen molar-refractivity contribution in [3.8, 4) is 78.7 Å². The van der Waals surface area contributed by atoms with Crippen molar-refractivity contribution in [3.05, 3.63) is 206 Å². The molecule has 8 aromatic carbocycles.